The maximum atomic E-state index is 13.3. The highest BCUT2D eigenvalue weighted by molar-refractivity contribution is 7.80. The van der Waals surface area contributed by atoms with E-state index in [1.54, 1.807) is 24.3 Å². The molecule has 1 aliphatic rings. The Morgan fingerprint density at radius 3 is 2.31 bits per heavy atom. The molecule has 0 aromatic heterocycles. The van der Waals surface area contributed by atoms with Gasteiger partial charge in [-0.3, -0.25) is 10.1 Å². The van der Waals surface area contributed by atoms with Crippen LogP contribution in [0.25, 0.3) is 0 Å². The lowest BCUT2D eigenvalue weighted by Gasteiger charge is -2.23. The first kappa shape index (κ1) is 24.5. The monoisotopic (exact) mass is 499 g/mol. The van der Waals surface area contributed by atoms with E-state index in [-0.39, 0.29) is 10.8 Å². The molecule has 3 aromatic carbocycles. The van der Waals surface area contributed by atoms with Crippen LogP contribution in [0.3, 0.4) is 0 Å². The Morgan fingerprint density at radius 1 is 0.971 bits per heavy atom. The van der Waals surface area contributed by atoms with Gasteiger partial charge in [-0.25, -0.2) is 0 Å². The summed E-state index contributed by atoms with van der Waals surface area (Å²) in [5.41, 5.74) is 1.39. The van der Waals surface area contributed by atoms with Gasteiger partial charge in [-0.2, -0.15) is 13.2 Å². The third kappa shape index (κ3) is 6.51. The number of nitrogens with zero attached hydrogens (tertiary/aromatic N) is 1. The van der Waals surface area contributed by atoms with Crippen LogP contribution >= 0.6 is 12.2 Å². The van der Waals surface area contributed by atoms with Crippen LogP contribution in [-0.2, 0) is 12.8 Å². The number of alkyl halides is 3. The largest absolute Gasteiger partial charge is 0.489 e. The van der Waals surface area contributed by atoms with Gasteiger partial charge < -0.3 is 15.0 Å². The van der Waals surface area contributed by atoms with Gasteiger partial charge in [-0.15, -0.1) is 0 Å². The molecule has 9 heteroatoms. The Balaban J connectivity index is 1.40. The zero-order valence-electron chi connectivity index (χ0n) is 18.8. The van der Waals surface area contributed by atoms with Crippen molar-refractivity contribution in [2.75, 3.05) is 23.3 Å². The van der Waals surface area contributed by atoms with Crippen molar-refractivity contribution in [3.8, 4) is 5.75 Å². The summed E-state index contributed by atoms with van der Waals surface area (Å²) < 4.78 is 45.5. The molecule has 0 saturated carbocycles. The van der Waals surface area contributed by atoms with Crippen LogP contribution in [0.1, 0.15) is 34.3 Å². The van der Waals surface area contributed by atoms with Crippen molar-refractivity contribution in [1.82, 2.24) is 5.32 Å². The van der Waals surface area contributed by atoms with Crippen LogP contribution in [0.15, 0.2) is 72.8 Å². The zero-order valence-corrected chi connectivity index (χ0v) is 19.6. The second kappa shape index (κ2) is 10.8. The van der Waals surface area contributed by atoms with Crippen molar-refractivity contribution in [2.45, 2.75) is 25.6 Å². The highest BCUT2D eigenvalue weighted by Gasteiger charge is 2.32. The van der Waals surface area contributed by atoms with Gasteiger partial charge >= 0.3 is 6.18 Å². The van der Waals surface area contributed by atoms with E-state index in [4.69, 9.17) is 17.0 Å². The number of hydrogen-bond acceptors (Lipinski definition) is 4. The molecule has 4 rings (SSSR count). The fourth-order valence-electron chi connectivity index (χ4n) is 3.82. The lowest BCUT2D eigenvalue weighted by atomic mass is 10.1. The van der Waals surface area contributed by atoms with Crippen molar-refractivity contribution in [3.63, 3.8) is 0 Å². The van der Waals surface area contributed by atoms with E-state index >= 15 is 0 Å². The zero-order chi connectivity index (χ0) is 24.8. The highest BCUT2D eigenvalue weighted by atomic mass is 32.1. The lowest BCUT2D eigenvalue weighted by Crippen LogP contribution is -2.34. The predicted octanol–water partition coefficient (Wildman–Crippen LogP) is 6.01. The first-order valence-corrected chi connectivity index (χ1v) is 11.6. The minimum Gasteiger partial charge on any atom is -0.489 e. The molecule has 2 N–H and O–H groups in total. The molecule has 1 amide bonds. The maximum absolute atomic E-state index is 13.3. The van der Waals surface area contributed by atoms with E-state index in [9.17, 15) is 18.0 Å². The van der Waals surface area contributed by atoms with E-state index in [0.29, 0.717) is 23.6 Å². The number of carbonyl (C=O) groups is 1. The average Bonchev–Trinajstić information content (AvgIpc) is 3.38. The molecule has 0 atom stereocenters. The molecule has 35 heavy (non-hydrogen) atoms. The summed E-state index contributed by atoms with van der Waals surface area (Å²) in [4.78, 5) is 14.6. The molecule has 5 nitrogen and oxygen atoms in total. The standard InChI is InChI=1S/C26H24F3N3O2S/c27-26(28,29)20-10-13-23(32-14-4-5-15-32)22(16-20)30-25(35)31-24(33)19-8-11-21(12-9-19)34-17-18-6-2-1-3-7-18/h1-3,6-13,16H,4-5,14-15,17H2,(H2,30,31,33,35). The lowest BCUT2D eigenvalue weighted by molar-refractivity contribution is -0.137. The minimum atomic E-state index is -4.49. The molecule has 1 aliphatic heterocycles. The van der Waals surface area contributed by atoms with Crippen LogP contribution in [0.2, 0.25) is 0 Å². The third-order valence-electron chi connectivity index (χ3n) is 5.61. The van der Waals surface area contributed by atoms with Crippen LogP contribution in [-0.4, -0.2) is 24.1 Å². The second-order valence-electron chi connectivity index (χ2n) is 8.13. The number of thiocarbonyl (C=S) groups is 1. The van der Waals surface area contributed by atoms with Crippen molar-refractivity contribution in [3.05, 3.63) is 89.5 Å². The fraction of sp³-hybridized carbons (Fsp3) is 0.231. The van der Waals surface area contributed by atoms with Crippen LogP contribution in [0.4, 0.5) is 24.5 Å². The number of ether oxygens (including phenoxy) is 1. The predicted molar refractivity (Wildman–Crippen MR) is 134 cm³/mol. The SMILES string of the molecule is O=C(NC(=S)Nc1cc(C(F)(F)F)ccc1N1CCCC1)c1ccc(OCc2ccccc2)cc1. The van der Waals surface area contributed by atoms with Crippen molar-refractivity contribution >= 4 is 34.6 Å². The van der Waals surface area contributed by atoms with Gasteiger partial charge in [-0.05, 0) is 73.1 Å². The van der Waals surface area contributed by atoms with Crippen LogP contribution in [0.5, 0.6) is 5.75 Å². The van der Waals surface area contributed by atoms with Gasteiger partial charge in [0.05, 0.1) is 16.9 Å². The first-order chi connectivity index (χ1) is 16.8. The summed E-state index contributed by atoms with van der Waals surface area (Å²) in [7, 11) is 0. The number of hydrogen-bond donors (Lipinski definition) is 2. The molecule has 1 saturated heterocycles. The van der Waals surface area contributed by atoms with Gasteiger partial charge in [0.15, 0.2) is 5.11 Å². The number of rotatable bonds is 6. The first-order valence-electron chi connectivity index (χ1n) is 11.1. The summed E-state index contributed by atoms with van der Waals surface area (Å²) >= 11 is 5.24. The second-order valence-corrected chi connectivity index (χ2v) is 8.54. The van der Waals surface area contributed by atoms with E-state index in [0.717, 1.165) is 43.6 Å². The Bertz CT molecular complexity index is 1180. The number of anilines is 2. The summed E-state index contributed by atoms with van der Waals surface area (Å²) in [6, 6.07) is 19.7. The van der Waals surface area contributed by atoms with Crippen LogP contribution < -0.4 is 20.3 Å². The van der Waals surface area contributed by atoms with Gasteiger partial charge in [0, 0.05) is 18.7 Å². The number of amides is 1. The van der Waals surface area contributed by atoms with Crippen molar-refractivity contribution in [1.29, 1.82) is 0 Å². The summed E-state index contributed by atoms with van der Waals surface area (Å²) in [6.45, 7) is 1.90. The number of carbonyl (C=O) groups excluding carboxylic acids is 1. The molecule has 0 unspecified atom stereocenters. The van der Waals surface area contributed by atoms with E-state index in [1.165, 1.54) is 6.07 Å². The Hall–Kier alpha value is -3.59. The molecule has 0 radical (unpaired) electrons. The van der Waals surface area contributed by atoms with Crippen molar-refractivity contribution < 1.29 is 22.7 Å². The van der Waals surface area contributed by atoms with Gasteiger partial charge in [0.2, 0.25) is 0 Å². The molecular formula is C26H24F3N3O2S. The van der Waals surface area contributed by atoms with Gasteiger partial charge in [-0.1, -0.05) is 30.3 Å². The summed E-state index contributed by atoms with van der Waals surface area (Å²) in [5, 5.41) is 5.24. The molecule has 0 aliphatic carbocycles. The average molecular weight is 500 g/mol. The molecule has 3 aromatic rings. The Labute approximate surface area is 206 Å². The molecule has 0 spiro atoms. The fourth-order valence-corrected chi connectivity index (χ4v) is 4.02. The smallest absolute Gasteiger partial charge is 0.416 e. The quantitative estimate of drug-likeness (QED) is 0.407. The third-order valence-corrected chi connectivity index (χ3v) is 5.81. The molecular weight excluding hydrogens is 475 g/mol. The maximum Gasteiger partial charge on any atom is 0.416 e. The van der Waals surface area contributed by atoms with Gasteiger partial charge in [0.1, 0.15) is 12.4 Å². The molecule has 1 fully saturated rings. The molecule has 1 heterocycles. The van der Waals surface area contributed by atoms with E-state index < -0.39 is 17.6 Å². The Kier molecular flexibility index (Phi) is 7.55. The summed E-state index contributed by atoms with van der Waals surface area (Å²) in [6.07, 6.45) is -2.56. The van der Waals surface area contributed by atoms with Crippen molar-refractivity contribution in [2.24, 2.45) is 0 Å². The van der Waals surface area contributed by atoms with E-state index in [1.807, 2.05) is 35.2 Å². The summed E-state index contributed by atoms with van der Waals surface area (Å²) in [5.74, 6) is 0.122. The number of halogens is 3. The normalized spacial score (nSPS) is 13.4. The molecule has 0 bridgehead atoms. The number of nitrogens with one attached hydrogen (secondary N) is 2. The number of benzene rings is 3. The molecule has 182 valence electrons. The van der Waals surface area contributed by atoms with Gasteiger partial charge in [0.25, 0.3) is 5.91 Å². The van der Waals surface area contributed by atoms with Crippen LogP contribution in [0, 0.1) is 0 Å². The Morgan fingerprint density at radius 2 is 1.66 bits per heavy atom. The topological polar surface area (TPSA) is 53.6 Å². The highest BCUT2D eigenvalue weighted by Crippen LogP contribution is 2.36. The van der Waals surface area contributed by atoms with E-state index in [2.05, 4.69) is 10.6 Å². The minimum absolute atomic E-state index is 0.0841.